The topological polar surface area (TPSA) is 101 Å². The lowest BCUT2D eigenvalue weighted by molar-refractivity contribution is -0.190. The Bertz CT molecular complexity index is 1220. The zero-order chi connectivity index (χ0) is 31.6. The molecule has 2 aliphatic heterocycles. The van der Waals surface area contributed by atoms with Crippen LogP contribution in [0.4, 0.5) is 0 Å². The Morgan fingerprint density at radius 1 is 0.977 bits per heavy atom. The van der Waals surface area contributed by atoms with E-state index in [1.165, 1.54) is 6.92 Å². The summed E-state index contributed by atoms with van der Waals surface area (Å²) >= 11 is 0. The first-order valence-corrected chi connectivity index (χ1v) is 16.6. The van der Waals surface area contributed by atoms with Crippen LogP contribution in [0.25, 0.3) is 0 Å². The zero-order valence-electron chi connectivity index (χ0n) is 28.0. The fraction of sp³-hybridized carbons (Fsp3) is 0.886. The van der Waals surface area contributed by atoms with E-state index in [0.29, 0.717) is 25.7 Å². The molecule has 242 valence electrons. The quantitative estimate of drug-likeness (QED) is 0.381. The van der Waals surface area contributed by atoms with E-state index >= 15 is 0 Å². The molecule has 0 aromatic carbocycles. The van der Waals surface area contributed by atoms with E-state index < -0.39 is 33.8 Å². The summed E-state index contributed by atoms with van der Waals surface area (Å²) in [7, 11) is 0. The fourth-order valence-corrected chi connectivity index (χ4v) is 10.9. The van der Waals surface area contributed by atoms with Crippen molar-refractivity contribution in [3.05, 3.63) is 11.6 Å². The Balaban J connectivity index is 1.30. The van der Waals surface area contributed by atoms with Crippen LogP contribution < -0.4 is 0 Å². The largest absolute Gasteiger partial charge is 0.460 e. The van der Waals surface area contributed by atoms with E-state index in [1.54, 1.807) is 0 Å². The van der Waals surface area contributed by atoms with Crippen LogP contribution in [-0.4, -0.2) is 63.5 Å². The molecule has 6 rings (SSSR count). The van der Waals surface area contributed by atoms with Crippen LogP contribution in [0.5, 0.6) is 0 Å². The Morgan fingerprint density at radius 3 is 2.33 bits per heavy atom. The number of hydrogen-bond donors (Lipinski definition) is 1. The number of allylic oxidation sites excluding steroid dienone is 1. The first kappa shape index (κ1) is 31.7. The standard InChI is InChI=1S/C35H54O8/c1-20(36)39-29(2,3)14-13-28-34(10,43-31(6,7)42-28)27-12-16-35(38)22-17-24(37)23-18-25-26(41-30(4,5)40-25)19-32(23,8)21(22)11-15-33(27,35)9/h17,21,23,25-28,38H,11-16,18-19H2,1-10H3/t21-,23-,25+,26-,27-,28+,32+,33+,34+,35+/m0/s1. The third kappa shape index (κ3) is 4.79. The monoisotopic (exact) mass is 602 g/mol. The van der Waals surface area contributed by atoms with Gasteiger partial charge in [-0.25, -0.2) is 0 Å². The van der Waals surface area contributed by atoms with Gasteiger partial charge in [0.25, 0.3) is 0 Å². The molecule has 43 heavy (non-hydrogen) atoms. The molecule has 2 saturated heterocycles. The summed E-state index contributed by atoms with van der Waals surface area (Å²) in [5, 5.41) is 12.8. The predicted molar refractivity (Wildman–Crippen MR) is 160 cm³/mol. The summed E-state index contributed by atoms with van der Waals surface area (Å²) in [6, 6.07) is 0. The van der Waals surface area contributed by atoms with Crippen LogP contribution in [0, 0.1) is 28.6 Å². The second-order valence-corrected chi connectivity index (χ2v) is 16.9. The molecule has 0 unspecified atom stereocenters. The molecular weight excluding hydrogens is 548 g/mol. The first-order valence-electron chi connectivity index (χ1n) is 16.6. The number of rotatable bonds is 5. The van der Waals surface area contributed by atoms with Gasteiger partial charge >= 0.3 is 5.97 Å². The van der Waals surface area contributed by atoms with Crippen molar-refractivity contribution >= 4 is 11.8 Å². The average Bonchev–Trinajstić information content (AvgIpc) is 3.39. The Hall–Kier alpha value is -1.32. The number of carbonyl (C=O) groups excluding carboxylic acids is 2. The van der Waals surface area contributed by atoms with Gasteiger partial charge in [-0.15, -0.1) is 0 Å². The summed E-state index contributed by atoms with van der Waals surface area (Å²) in [6.07, 6.45) is 7.34. The van der Waals surface area contributed by atoms with Crippen LogP contribution in [0.2, 0.25) is 0 Å². The van der Waals surface area contributed by atoms with Crippen LogP contribution in [0.3, 0.4) is 0 Å². The van der Waals surface area contributed by atoms with Crippen LogP contribution in [-0.2, 0) is 33.3 Å². The van der Waals surface area contributed by atoms with E-state index in [4.69, 9.17) is 23.7 Å². The molecule has 1 N–H and O–H groups in total. The van der Waals surface area contributed by atoms with Crippen molar-refractivity contribution < 1.29 is 38.4 Å². The third-order valence-corrected chi connectivity index (χ3v) is 12.6. The number of esters is 1. The van der Waals surface area contributed by atoms with Crippen molar-refractivity contribution in [1.82, 2.24) is 0 Å². The maximum atomic E-state index is 13.9. The van der Waals surface area contributed by atoms with Gasteiger partial charge in [0, 0.05) is 18.3 Å². The lowest BCUT2D eigenvalue weighted by atomic mass is 9.45. The van der Waals surface area contributed by atoms with Gasteiger partial charge in [0.2, 0.25) is 0 Å². The highest BCUT2D eigenvalue weighted by molar-refractivity contribution is 5.95. The number of aliphatic hydroxyl groups is 1. The van der Waals surface area contributed by atoms with E-state index in [9.17, 15) is 14.7 Å². The van der Waals surface area contributed by atoms with Crippen molar-refractivity contribution in [3.8, 4) is 0 Å². The van der Waals surface area contributed by atoms with E-state index in [2.05, 4.69) is 20.8 Å². The van der Waals surface area contributed by atoms with Gasteiger partial charge in [-0.1, -0.05) is 13.8 Å². The van der Waals surface area contributed by atoms with Crippen LogP contribution in [0.15, 0.2) is 11.6 Å². The number of carbonyl (C=O) groups is 2. The second kappa shape index (κ2) is 9.60. The van der Waals surface area contributed by atoms with Gasteiger partial charge in [0.1, 0.15) is 5.60 Å². The molecule has 0 aromatic heterocycles. The lowest BCUT2D eigenvalue weighted by Gasteiger charge is -2.60. The first-order chi connectivity index (χ1) is 19.6. The van der Waals surface area contributed by atoms with Gasteiger partial charge in [-0.05, 0) is 129 Å². The van der Waals surface area contributed by atoms with Crippen molar-refractivity contribution in [1.29, 1.82) is 0 Å². The molecule has 4 aliphatic carbocycles. The zero-order valence-corrected chi connectivity index (χ0v) is 28.0. The highest BCUT2D eigenvalue weighted by Crippen LogP contribution is 2.70. The molecule has 5 fully saturated rings. The number of ketones is 1. The number of hydrogen-bond acceptors (Lipinski definition) is 8. The van der Waals surface area contributed by atoms with E-state index in [0.717, 1.165) is 31.3 Å². The van der Waals surface area contributed by atoms with Gasteiger partial charge in [0.15, 0.2) is 17.4 Å². The third-order valence-electron chi connectivity index (χ3n) is 12.6. The number of fused-ring (bicyclic) bond motifs is 6. The molecule has 0 spiro atoms. The Kier molecular flexibility index (Phi) is 7.07. The fourth-order valence-electron chi connectivity index (χ4n) is 10.9. The molecule has 3 saturated carbocycles. The van der Waals surface area contributed by atoms with Gasteiger partial charge in [-0.2, -0.15) is 0 Å². The minimum atomic E-state index is -1.10. The van der Waals surface area contributed by atoms with Crippen molar-refractivity contribution in [2.75, 3.05) is 0 Å². The summed E-state index contributed by atoms with van der Waals surface area (Å²) in [5.41, 5.74) is -2.24. The molecule has 0 amide bonds. The van der Waals surface area contributed by atoms with Gasteiger partial charge in [-0.3, -0.25) is 9.59 Å². The predicted octanol–water partition coefficient (Wildman–Crippen LogP) is 6.02. The smallest absolute Gasteiger partial charge is 0.303 e. The lowest BCUT2D eigenvalue weighted by Crippen LogP contribution is -2.62. The molecule has 8 nitrogen and oxygen atoms in total. The van der Waals surface area contributed by atoms with Crippen molar-refractivity contribution in [3.63, 3.8) is 0 Å². The average molecular weight is 603 g/mol. The Labute approximate surface area is 257 Å². The van der Waals surface area contributed by atoms with Crippen LogP contribution in [0.1, 0.15) is 121 Å². The number of ether oxygens (including phenoxy) is 5. The second-order valence-electron chi connectivity index (χ2n) is 16.9. The van der Waals surface area contributed by atoms with Crippen molar-refractivity contribution in [2.45, 2.75) is 167 Å². The van der Waals surface area contributed by atoms with Gasteiger partial charge in [0.05, 0.1) is 29.5 Å². The molecule has 0 aromatic rings. The van der Waals surface area contributed by atoms with Crippen molar-refractivity contribution in [2.24, 2.45) is 28.6 Å². The summed E-state index contributed by atoms with van der Waals surface area (Å²) in [5.74, 6) is -1.59. The highest BCUT2D eigenvalue weighted by Gasteiger charge is 2.71. The maximum absolute atomic E-state index is 13.9. The molecule has 8 heteroatoms. The van der Waals surface area contributed by atoms with E-state index in [-0.39, 0.29) is 53.2 Å². The minimum absolute atomic E-state index is 0.0131. The molecule has 0 radical (unpaired) electrons. The molecule has 6 aliphatic rings. The SMILES string of the molecule is CC(=O)OC(C)(C)CC[C@H]1OC(C)(C)O[C@]1(C)[C@H]1CC[C@@]2(O)C3=CC(=O)[C@@H]4C[C@H]5OC(C)(C)O[C@H]5C[C@]4(C)[C@H]3CC[C@]12C. The normalized spacial score (nSPS) is 48.2. The van der Waals surface area contributed by atoms with E-state index in [1.807, 2.05) is 47.6 Å². The summed E-state index contributed by atoms with van der Waals surface area (Å²) < 4.78 is 31.5. The van der Waals surface area contributed by atoms with Crippen LogP contribution >= 0.6 is 0 Å². The molecule has 10 atom stereocenters. The van der Waals surface area contributed by atoms with Gasteiger partial charge < -0.3 is 28.8 Å². The molecule has 0 bridgehead atoms. The maximum Gasteiger partial charge on any atom is 0.303 e. The summed E-state index contributed by atoms with van der Waals surface area (Å²) in [6.45, 7) is 19.8. The minimum Gasteiger partial charge on any atom is -0.460 e. The molecule has 2 heterocycles. The summed E-state index contributed by atoms with van der Waals surface area (Å²) in [4.78, 5) is 25.6. The highest BCUT2D eigenvalue weighted by atomic mass is 16.8. The Morgan fingerprint density at radius 2 is 1.65 bits per heavy atom. The molecular formula is C35H54O8.